The molecular formula is C23H27N5O3. The molecule has 0 radical (unpaired) electrons. The maximum Gasteiger partial charge on any atom is 0.257 e. The number of rotatable bonds is 6. The molecule has 4 aromatic rings. The lowest BCUT2D eigenvalue weighted by Gasteiger charge is -2.26. The predicted molar refractivity (Wildman–Crippen MR) is 120 cm³/mol. The Morgan fingerprint density at radius 2 is 1.94 bits per heavy atom. The number of aromatic nitrogens is 4. The molecule has 162 valence electrons. The summed E-state index contributed by atoms with van der Waals surface area (Å²) in [5, 5.41) is 1.11. The van der Waals surface area contributed by atoms with Gasteiger partial charge in [-0.1, -0.05) is 0 Å². The Hall–Kier alpha value is -3.10. The quantitative estimate of drug-likeness (QED) is 0.477. The lowest BCUT2D eigenvalue weighted by Crippen LogP contribution is -2.38. The minimum Gasteiger partial charge on any atom is -0.491 e. The van der Waals surface area contributed by atoms with E-state index in [2.05, 4.69) is 37.3 Å². The minimum absolute atomic E-state index is 0.485. The second-order valence-corrected chi connectivity index (χ2v) is 7.76. The molecule has 0 aromatic carbocycles. The molecule has 0 amide bonds. The molecule has 0 N–H and O–H groups in total. The van der Waals surface area contributed by atoms with Crippen molar-refractivity contribution >= 4 is 22.1 Å². The van der Waals surface area contributed by atoms with E-state index in [0.717, 1.165) is 72.7 Å². The first kappa shape index (κ1) is 19.8. The van der Waals surface area contributed by atoms with Gasteiger partial charge in [0.15, 0.2) is 5.75 Å². The van der Waals surface area contributed by atoms with Gasteiger partial charge in [-0.2, -0.15) is 0 Å². The monoisotopic (exact) mass is 421 g/mol. The predicted octanol–water partition coefficient (Wildman–Crippen LogP) is 2.94. The lowest BCUT2D eigenvalue weighted by molar-refractivity contribution is 0.0365. The van der Waals surface area contributed by atoms with Crippen molar-refractivity contribution in [2.24, 2.45) is 7.05 Å². The lowest BCUT2D eigenvalue weighted by atomic mass is 10.2. The van der Waals surface area contributed by atoms with Crippen molar-refractivity contribution in [3.8, 4) is 22.9 Å². The van der Waals surface area contributed by atoms with E-state index < -0.39 is 0 Å². The van der Waals surface area contributed by atoms with Gasteiger partial charge in [-0.15, -0.1) is 0 Å². The number of morpholine rings is 1. The third-order valence-electron chi connectivity index (χ3n) is 6.02. The van der Waals surface area contributed by atoms with Crippen molar-refractivity contribution in [3.05, 3.63) is 36.7 Å². The van der Waals surface area contributed by atoms with E-state index in [-0.39, 0.29) is 0 Å². The Balaban J connectivity index is 1.63. The summed E-state index contributed by atoms with van der Waals surface area (Å²) in [7, 11) is 5.30. The van der Waals surface area contributed by atoms with Crippen molar-refractivity contribution in [1.29, 1.82) is 0 Å². The zero-order chi connectivity index (χ0) is 21.4. The second-order valence-electron chi connectivity index (χ2n) is 7.76. The van der Waals surface area contributed by atoms with E-state index in [0.29, 0.717) is 11.6 Å². The smallest absolute Gasteiger partial charge is 0.257 e. The van der Waals surface area contributed by atoms with Gasteiger partial charge in [0, 0.05) is 62.6 Å². The summed E-state index contributed by atoms with van der Waals surface area (Å²) >= 11 is 0. The number of aryl methyl sites for hydroxylation is 1. The number of hydrogen-bond acceptors (Lipinski definition) is 6. The minimum atomic E-state index is 0.485. The van der Waals surface area contributed by atoms with Crippen LogP contribution in [-0.4, -0.2) is 71.1 Å². The summed E-state index contributed by atoms with van der Waals surface area (Å²) < 4.78 is 20.9. The van der Waals surface area contributed by atoms with Gasteiger partial charge in [0.25, 0.3) is 5.88 Å². The molecule has 0 aliphatic carbocycles. The van der Waals surface area contributed by atoms with Crippen molar-refractivity contribution in [2.75, 3.05) is 47.1 Å². The zero-order valence-electron chi connectivity index (χ0n) is 18.2. The van der Waals surface area contributed by atoms with Crippen LogP contribution in [0.25, 0.3) is 33.3 Å². The maximum absolute atomic E-state index is 5.54. The third kappa shape index (κ3) is 3.51. The topological polar surface area (TPSA) is 66.6 Å². The molecule has 31 heavy (non-hydrogen) atoms. The van der Waals surface area contributed by atoms with E-state index in [4.69, 9.17) is 19.2 Å². The zero-order valence-corrected chi connectivity index (χ0v) is 18.2. The fourth-order valence-electron chi connectivity index (χ4n) is 4.33. The second kappa shape index (κ2) is 8.20. The largest absolute Gasteiger partial charge is 0.491 e. The molecular weight excluding hydrogens is 394 g/mol. The molecule has 8 nitrogen and oxygen atoms in total. The SMILES string of the molecule is COc1cc2c(nc1OC)c(-c1cc3cccnc3n1C)cn2CCN1CCOCC1. The van der Waals surface area contributed by atoms with Crippen molar-refractivity contribution in [3.63, 3.8) is 0 Å². The summed E-state index contributed by atoms with van der Waals surface area (Å²) in [5.74, 6) is 1.12. The molecule has 1 fully saturated rings. The molecule has 1 aliphatic rings. The normalized spacial score (nSPS) is 15.1. The van der Waals surface area contributed by atoms with Crippen molar-refractivity contribution in [1.82, 2.24) is 24.0 Å². The van der Waals surface area contributed by atoms with Crippen LogP contribution in [0.5, 0.6) is 11.6 Å². The van der Waals surface area contributed by atoms with Crippen LogP contribution in [0.4, 0.5) is 0 Å². The van der Waals surface area contributed by atoms with E-state index in [1.165, 1.54) is 0 Å². The number of methoxy groups -OCH3 is 2. The third-order valence-corrected chi connectivity index (χ3v) is 6.02. The standard InChI is InChI=1S/C23H27N5O3/c1-26-18(13-16-5-4-6-24-22(16)26)17-15-28(8-7-27-9-11-31-12-10-27)19-14-20(29-2)23(30-3)25-21(17)19/h4-6,13-15H,7-12H2,1-3H3. The molecule has 5 rings (SSSR count). The first-order valence-electron chi connectivity index (χ1n) is 10.5. The number of nitrogens with zero attached hydrogens (tertiary/aromatic N) is 5. The van der Waals surface area contributed by atoms with Crippen LogP contribution < -0.4 is 9.47 Å². The van der Waals surface area contributed by atoms with Gasteiger partial charge in [-0.3, -0.25) is 4.90 Å². The van der Waals surface area contributed by atoms with Crippen molar-refractivity contribution in [2.45, 2.75) is 6.54 Å². The number of pyridine rings is 2. The molecule has 0 bridgehead atoms. The van der Waals surface area contributed by atoms with Gasteiger partial charge >= 0.3 is 0 Å². The first-order chi connectivity index (χ1) is 15.2. The molecule has 5 heterocycles. The summed E-state index contributed by atoms with van der Waals surface area (Å²) in [5.41, 5.74) is 5.00. The van der Waals surface area contributed by atoms with Crippen LogP contribution >= 0.6 is 0 Å². The van der Waals surface area contributed by atoms with Gasteiger partial charge in [-0.05, 0) is 18.2 Å². The van der Waals surface area contributed by atoms with E-state index in [9.17, 15) is 0 Å². The number of hydrogen-bond donors (Lipinski definition) is 0. The van der Waals surface area contributed by atoms with Gasteiger partial charge in [0.1, 0.15) is 11.2 Å². The number of ether oxygens (including phenoxy) is 3. The molecule has 8 heteroatoms. The average molecular weight is 422 g/mol. The van der Waals surface area contributed by atoms with Crippen LogP contribution in [-0.2, 0) is 18.3 Å². The average Bonchev–Trinajstić information content (AvgIpc) is 3.34. The Labute approximate surface area is 181 Å². The highest BCUT2D eigenvalue weighted by atomic mass is 16.5. The summed E-state index contributed by atoms with van der Waals surface area (Å²) in [6.07, 6.45) is 4.01. The molecule has 0 spiro atoms. The van der Waals surface area contributed by atoms with Crippen LogP contribution in [0.3, 0.4) is 0 Å². The Bertz CT molecular complexity index is 1220. The summed E-state index contributed by atoms with van der Waals surface area (Å²) in [6, 6.07) is 8.23. The first-order valence-corrected chi connectivity index (χ1v) is 10.5. The summed E-state index contributed by atoms with van der Waals surface area (Å²) in [6.45, 7) is 5.35. The van der Waals surface area contributed by atoms with Crippen LogP contribution in [0.1, 0.15) is 0 Å². The highest BCUT2D eigenvalue weighted by Crippen LogP contribution is 2.37. The van der Waals surface area contributed by atoms with Crippen LogP contribution in [0.2, 0.25) is 0 Å². The van der Waals surface area contributed by atoms with E-state index >= 15 is 0 Å². The summed E-state index contributed by atoms with van der Waals surface area (Å²) in [4.78, 5) is 11.8. The van der Waals surface area contributed by atoms with Crippen LogP contribution in [0, 0.1) is 0 Å². The van der Waals surface area contributed by atoms with E-state index in [1.54, 1.807) is 14.2 Å². The fraction of sp³-hybridized carbons (Fsp3) is 0.391. The molecule has 0 saturated carbocycles. The van der Waals surface area contributed by atoms with Gasteiger partial charge < -0.3 is 23.3 Å². The Morgan fingerprint density at radius 3 is 2.68 bits per heavy atom. The van der Waals surface area contributed by atoms with Crippen LogP contribution in [0.15, 0.2) is 36.7 Å². The van der Waals surface area contributed by atoms with E-state index in [1.807, 2.05) is 25.4 Å². The Morgan fingerprint density at radius 1 is 1.10 bits per heavy atom. The van der Waals surface area contributed by atoms with Gasteiger partial charge in [0.2, 0.25) is 0 Å². The Kier molecular flexibility index (Phi) is 5.25. The highest BCUT2D eigenvalue weighted by molar-refractivity contribution is 5.96. The number of fused-ring (bicyclic) bond motifs is 2. The van der Waals surface area contributed by atoms with Gasteiger partial charge in [0.05, 0.1) is 38.6 Å². The molecule has 0 atom stereocenters. The molecule has 1 saturated heterocycles. The maximum atomic E-state index is 5.54. The van der Waals surface area contributed by atoms with Crippen molar-refractivity contribution < 1.29 is 14.2 Å². The molecule has 4 aromatic heterocycles. The highest BCUT2D eigenvalue weighted by Gasteiger charge is 2.20. The van der Waals surface area contributed by atoms with Gasteiger partial charge in [-0.25, -0.2) is 9.97 Å². The molecule has 1 aliphatic heterocycles. The molecule has 0 unspecified atom stereocenters. The fourth-order valence-corrected chi connectivity index (χ4v) is 4.33.